The van der Waals surface area contributed by atoms with Crippen LogP contribution in [-0.2, 0) is 9.84 Å². The third kappa shape index (κ3) is 4.89. The summed E-state index contributed by atoms with van der Waals surface area (Å²) in [6.07, 6.45) is 7.72. The molecule has 138 valence electrons. The van der Waals surface area contributed by atoms with Gasteiger partial charge in [0.2, 0.25) is 0 Å². The van der Waals surface area contributed by atoms with Gasteiger partial charge >= 0.3 is 0 Å². The number of hydrogen-bond donors (Lipinski definition) is 1. The highest BCUT2D eigenvalue weighted by atomic mass is 32.2. The fourth-order valence-electron chi connectivity index (χ4n) is 2.40. The number of hydrogen-bond acceptors (Lipinski definition) is 6. The molecule has 1 aliphatic rings. The summed E-state index contributed by atoms with van der Waals surface area (Å²) < 4.78 is 24.3. The average Bonchev–Trinajstić information content (AvgIpc) is 3.29. The first-order chi connectivity index (χ1) is 12.1. The smallest absolute Gasteiger partial charge is 0.254 e. The second-order valence-electron chi connectivity index (χ2n) is 6.30. The molecule has 1 aromatic heterocycles. The Morgan fingerprint density at radius 1 is 1.58 bits per heavy atom. The first-order valence-corrected chi connectivity index (χ1v) is 9.91. The van der Waals surface area contributed by atoms with Crippen molar-refractivity contribution in [2.45, 2.75) is 32.2 Å². The van der Waals surface area contributed by atoms with Crippen molar-refractivity contribution in [3.05, 3.63) is 35.4 Å². The van der Waals surface area contributed by atoms with Crippen LogP contribution in [0.1, 0.15) is 42.6 Å². The number of carbonyl (C=O) groups is 1. The van der Waals surface area contributed by atoms with E-state index >= 15 is 0 Å². The lowest BCUT2D eigenvalue weighted by molar-refractivity contribution is 0.100. The van der Waals surface area contributed by atoms with E-state index in [0.29, 0.717) is 18.1 Å². The van der Waals surface area contributed by atoms with Crippen LogP contribution in [-0.4, -0.2) is 36.1 Å². The Morgan fingerprint density at radius 2 is 2.23 bits per heavy atom. The van der Waals surface area contributed by atoms with E-state index in [4.69, 9.17) is 11.0 Å². The van der Waals surface area contributed by atoms with Gasteiger partial charge in [0.25, 0.3) is 5.91 Å². The third-order valence-corrected chi connectivity index (χ3v) is 5.14. The molecule has 0 radical (unpaired) electrons. The lowest BCUT2D eigenvalue weighted by Crippen LogP contribution is -2.12. The van der Waals surface area contributed by atoms with Crippen LogP contribution in [0.2, 0.25) is 0 Å². The molecule has 0 bridgehead atoms. The van der Waals surface area contributed by atoms with Crippen LogP contribution in [0.15, 0.2) is 34.8 Å². The van der Waals surface area contributed by atoms with Crippen LogP contribution in [0.5, 0.6) is 0 Å². The Labute approximate surface area is 152 Å². The molecule has 1 heterocycles. The molecule has 26 heavy (non-hydrogen) atoms. The number of nitrogens with two attached hydrogens (primary N) is 1. The summed E-state index contributed by atoms with van der Waals surface area (Å²) in [5.74, 6) is -0.154. The maximum Gasteiger partial charge on any atom is 0.254 e. The highest BCUT2D eigenvalue weighted by Gasteiger charge is 2.33. The van der Waals surface area contributed by atoms with Crippen LogP contribution < -0.4 is 5.73 Å². The molecule has 1 aliphatic carbocycles. The number of allylic oxidation sites excluding steroid dienone is 2. The Kier molecular flexibility index (Phi) is 5.77. The Bertz CT molecular complexity index is 930. The van der Waals surface area contributed by atoms with Crippen molar-refractivity contribution in [2.75, 3.05) is 6.26 Å². The predicted octanol–water partition coefficient (Wildman–Crippen LogP) is 2.05. The summed E-state index contributed by atoms with van der Waals surface area (Å²) in [7, 11) is -3.37. The third-order valence-electron chi connectivity index (χ3n) is 4.05. The molecule has 0 saturated heterocycles. The van der Waals surface area contributed by atoms with E-state index < -0.39 is 15.7 Å². The monoisotopic (exact) mass is 375 g/mol. The van der Waals surface area contributed by atoms with Crippen molar-refractivity contribution in [1.82, 2.24) is 9.78 Å². The lowest BCUT2D eigenvalue weighted by Gasteiger charge is -2.12. The summed E-state index contributed by atoms with van der Waals surface area (Å²) in [5, 5.41) is 13.3. The number of nitriles is 1. The number of nitrogens with zero attached hydrogens (tertiary/aromatic N) is 4. The summed E-state index contributed by atoms with van der Waals surface area (Å²) in [4.78, 5) is 15.9. The van der Waals surface area contributed by atoms with E-state index in [1.165, 1.54) is 18.3 Å². The van der Waals surface area contributed by atoms with E-state index in [0.717, 1.165) is 19.1 Å². The number of aromatic nitrogens is 2. The van der Waals surface area contributed by atoms with Crippen LogP contribution in [0.25, 0.3) is 0 Å². The molecule has 1 amide bonds. The summed E-state index contributed by atoms with van der Waals surface area (Å²) in [6.45, 7) is 5.11. The SMILES string of the molecule is C=C(/C=C\C(C)=Nc1nn(C(CC#N)C2CC2)cc1C(N)=O)S(C)(=O)=O. The molecule has 1 aromatic rings. The van der Waals surface area contributed by atoms with E-state index in [1.807, 2.05) is 0 Å². The standard InChI is InChI=1S/C17H21N5O3S/c1-11(4-5-12(2)26(3,24)25)20-17-14(16(19)23)10-22(21-17)15(8-9-18)13-6-7-13/h4-5,10,13,15H,2,6-8H2,1,3H3,(H2,19,23)/b5-4-,20-11?. The molecule has 1 atom stereocenters. The molecular weight excluding hydrogens is 354 g/mol. The number of aliphatic imine (C=N–C) groups is 1. The van der Waals surface area contributed by atoms with E-state index in [1.54, 1.807) is 11.6 Å². The molecule has 8 nitrogen and oxygen atoms in total. The van der Waals surface area contributed by atoms with E-state index in [-0.39, 0.29) is 22.3 Å². The molecule has 9 heteroatoms. The average molecular weight is 375 g/mol. The van der Waals surface area contributed by atoms with Gasteiger partial charge in [0, 0.05) is 18.2 Å². The van der Waals surface area contributed by atoms with Gasteiger partial charge in [-0.3, -0.25) is 9.48 Å². The maximum absolute atomic E-state index is 11.7. The lowest BCUT2D eigenvalue weighted by atomic mass is 10.1. The largest absolute Gasteiger partial charge is 0.365 e. The van der Waals surface area contributed by atoms with Crippen molar-refractivity contribution >= 4 is 27.3 Å². The van der Waals surface area contributed by atoms with Gasteiger partial charge in [0.15, 0.2) is 15.7 Å². The van der Waals surface area contributed by atoms with Crippen molar-refractivity contribution in [3.63, 3.8) is 0 Å². The Morgan fingerprint density at radius 3 is 2.73 bits per heavy atom. The zero-order valence-electron chi connectivity index (χ0n) is 14.7. The Hall–Kier alpha value is -2.73. The topological polar surface area (TPSA) is 131 Å². The van der Waals surface area contributed by atoms with Gasteiger partial charge in [-0.05, 0) is 37.8 Å². The molecule has 1 fully saturated rings. The number of rotatable bonds is 8. The van der Waals surface area contributed by atoms with Gasteiger partial charge in [-0.25, -0.2) is 13.4 Å². The molecule has 0 aromatic carbocycles. The highest BCUT2D eigenvalue weighted by molar-refractivity contribution is 7.94. The zero-order valence-corrected chi connectivity index (χ0v) is 15.5. The van der Waals surface area contributed by atoms with Gasteiger partial charge in [0.05, 0.1) is 23.4 Å². The predicted molar refractivity (Wildman–Crippen MR) is 98.6 cm³/mol. The summed E-state index contributed by atoms with van der Waals surface area (Å²) in [5.41, 5.74) is 6.00. The molecule has 2 N–H and O–H groups in total. The fourth-order valence-corrected chi connectivity index (χ4v) is 2.72. The quantitative estimate of drug-likeness (QED) is 0.549. The van der Waals surface area contributed by atoms with Crippen molar-refractivity contribution in [1.29, 1.82) is 5.26 Å². The van der Waals surface area contributed by atoms with E-state index in [2.05, 4.69) is 22.7 Å². The number of primary amides is 1. The van der Waals surface area contributed by atoms with Crippen LogP contribution in [0.4, 0.5) is 5.82 Å². The minimum atomic E-state index is -3.37. The molecule has 1 unspecified atom stereocenters. The second kappa shape index (κ2) is 7.66. The van der Waals surface area contributed by atoms with Crippen LogP contribution in [0.3, 0.4) is 0 Å². The van der Waals surface area contributed by atoms with Gasteiger partial charge in [-0.1, -0.05) is 6.58 Å². The zero-order chi connectivity index (χ0) is 19.5. The van der Waals surface area contributed by atoms with Crippen molar-refractivity contribution in [2.24, 2.45) is 16.6 Å². The molecule has 0 spiro atoms. The highest BCUT2D eigenvalue weighted by Crippen LogP contribution is 2.41. The number of sulfone groups is 1. The fraction of sp³-hybridized carbons (Fsp3) is 0.412. The molecule has 1 saturated carbocycles. The van der Waals surface area contributed by atoms with Gasteiger partial charge in [-0.15, -0.1) is 0 Å². The number of carbonyl (C=O) groups excluding carboxylic acids is 1. The molecule has 0 aliphatic heterocycles. The van der Waals surface area contributed by atoms with Crippen LogP contribution >= 0.6 is 0 Å². The van der Waals surface area contributed by atoms with Crippen molar-refractivity contribution < 1.29 is 13.2 Å². The van der Waals surface area contributed by atoms with Crippen LogP contribution in [0, 0.1) is 17.2 Å². The molecule has 2 rings (SSSR count). The van der Waals surface area contributed by atoms with Gasteiger partial charge in [0.1, 0.15) is 5.56 Å². The second-order valence-corrected chi connectivity index (χ2v) is 8.37. The normalized spacial score (nSPS) is 16.4. The summed E-state index contributed by atoms with van der Waals surface area (Å²) in [6, 6.07) is 2.03. The van der Waals surface area contributed by atoms with Crippen molar-refractivity contribution in [3.8, 4) is 6.07 Å². The van der Waals surface area contributed by atoms with E-state index in [9.17, 15) is 13.2 Å². The van der Waals surface area contributed by atoms with Gasteiger partial charge in [-0.2, -0.15) is 10.4 Å². The summed E-state index contributed by atoms with van der Waals surface area (Å²) >= 11 is 0. The Balaban J connectivity index is 2.33. The van der Waals surface area contributed by atoms with Gasteiger partial charge < -0.3 is 5.73 Å². The first-order valence-electron chi connectivity index (χ1n) is 8.01. The number of amides is 1. The molecular formula is C17H21N5O3S. The first kappa shape index (κ1) is 19.6. The maximum atomic E-state index is 11.7. The minimum absolute atomic E-state index is 0.0458. The minimum Gasteiger partial charge on any atom is -0.365 e.